The van der Waals surface area contributed by atoms with Crippen molar-refractivity contribution in [2.45, 2.75) is 50.9 Å². The molecule has 2 aromatic carbocycles. The first-order valence-electron chi connectivity index (χ1n) is 9.26. The van der Waals surface area contributed by atoms with Crippen molar-refractivity contribution in [1.82, 2.24) is 0 Å². The van der Waals surface area contributed by atoms with Gasteiger partial charge < -0.3 is 0 Å². The summed E-state index contributed by atoms with van der Waals surface area (Å²) in [6.45, 7) is 10.0. The third-order valence-electron chi connectivity index (χ3n) is 5.50. The van der Waals surface area contributed by atoms with Gasteiger partial charge in [-0.3, -0.25) is 0 Å². The summed E-state index contributed by atoms with van der Waals surface area (Å²) in [4.78, 5) is 0. The normalized spacial score (nSPS) is 14.0. The van der Waals surface area contributed by atoms with Gasteiger partial charge in [-0.25, -0.2) is 0 Å². The lowest BCUT2D eigenvalue weighted by atomic mass is 9.70. The van der Waals surface area contributed by atoms with Gasteiger partial charge in [0.15, 0.2) is 0 Å². The average Bonchev–Trinajstić information content (AvgIpc) is 2.85. The Bertz CT molecular complexity index is 717. The van der Waals surface area contributed by atoms with Gasteiger partial charge in [0.25, 0.3) is 0 Å². The van der Waals surface area contributed by atoms with Crippen molar-refractivity contribution in [3.63, 3.8) is 0 Å². The van der Waals surface area contributed by atoms with E-state index in [-0.39, 0.29) is 5.41 Å². The highest BCUT2D eigenvalue weighted by Gasteiger charge is 2.42. The molecular weight excluding hydrogens is 368 g/mol. The van der Waals surface area contributed by atoms with E-state index in [2.05, 4.69) is 72.4 Å². The van der Waals surface area contributed by atoms with E-state index < -0.39 is 0 Å². The van der Waals surface area contributed by atoms with E-state index in [0.29, 0.717) is 0 Å². The predicted octanol–water partition coefficient (Wildman–Crippen LogP) is 7.74. The number of rotatable bonds is 8. The minimum absolute atomic E-state index is 0.118. The maximum Gasteiger partial charge on any atom is 0.0215 e. The summed E-state index contributed by atoms with van der Waals surface area (Å²) >= 11 is 3.71. The number of halogens is 1. The molecule has 0 N–H and O–H groups in total. The zero-order chi connectivity index (χ0) is 17.9. The van der Waals surface area contributed by atoms with Crippen LogP contribution in [0.5, 0.6) is 0 Å². The topological polar surface area (TPSA) is 0 Å². The molecule has 0 bridgehead atoms. The van der Waals surface area contributed by atoms with Crippen molar-refractivity contribution in [1.29, 1.82) is 0 Å². The lowest BCUT2D eigenvalue weighted by molar-refractivity contribution is 0.422. The Morgan fingerprint density at radius 1 is 0.880 bits per heavy atom. The van der Waals surface area contributed by atoms with Crippen molar-refractivity contribution in [3.8, 4) is 11.1 Å². The molecule has 130 valence electrons. The molecule has 0 atom stereocenters. The maximum absolute atomic E-state index is 3.92. The van der Waals surface area contributed by atoms with Gasteiger partial charge in [0.1, 0.15) is 0 Å². The Morgan fingerprint density at radius 2 is 1.44 bits per heavy atom. The molecule has 0 aromatic heterocycles. The smallest absolute Gasteiger partial charge is 0.0215 e. The summed E-state index contributed by atoms with van der Waals surface area (Å²) < 4.78 is 1.17. The monoisotopic (exact) mass is 394 g/mol. The Hall–Kier alpha value is -1.60. The second-order valence-electron chi connectivity index (χ2n) is 7.18. The van der Waals surface area contributed by atoms with Crippen LogP contribution in [-0.4, -0.2) is 0 Å². The first-order chi connectivity index (χ1) is 12.1. The van der Waals surface area contributed by atoms with Crippen LogP contribution in [0.15, 0.2) is 66.2 Å². The minimum Gasteiger partial charge on any atom is -0.103 e. The lowest BCUT2D eigenvalue weighted by Gasteiger charge is -2.33. The van der Waals surface area contributed by atoms with Gasteiger partial charge in [-0.05, 0) is 79.8 Å². The van der Waals surface area contributed by atoms with E-state index in [9.17, 15) is 0 Å². The van der Waals surface area contributed by atoms with Crippen LogP contribution in [0.1, 0.15) is 55.2 Å². The summed E-state index contributed by atoms with van der Waals surface area (Å²) in [5.74, 6) is 0. The van der Waals surface area contributed by atoms with Crippen LogP contribution in [0.4, 0.5) is 0 Å². The molecule has 0 unspecified atom stereocenters. The highest BCUT2D eigenvalue weighted by atomic mass is 79.9. The maximum atomic E-state index is 3.92. The molecule has 2 aromatic rings. The highest BCUT2D eigenvalue weighted by Crippen LogP contribution is 2.54. The van der Waals surface area contributed by atoms with Gasteiger partial charge in [-0.1, -0.05) is 57.9 Å². The van der Waals surface area contributed by atoms with Crippen molar-refractivity contribution >= 4 is 15.9 Å². The fourth-order valence-corrected chi connectivity index (χ4v) is 4.70. The molecule has 1 heteroatoms. The van der Waals surface area contributed by atoms with Crippen LogP contribution in [0.2, 0.25) is 0 Å². The van der Waals surface area contributed by atoms with Crippen molar-refractivity contribution in [2.75, 3.05) is 0 Å². The fraction of sp³-hybridized carbons (Fsp3) is 0.333. The number of hydrogen-bond donors (Lipinski definition) is 0. The molecule has 3 rings (SSSR count). The van der Waals surface area contributed by atoms with E-state index >= 15 is 0 Å². The summed E-state index contributed by atoms with van der Waals surface area (Å²) in [6.07, 6.45) is 11.0. The van der Waals surface area contributed by atoms with Gasteiger partial charge in [0, 0.05) is 9.89 Å². The summed E-state index contributed by atoms with van der Waals surface area (Å²) in [7, 11) is 0. The molecule has 0 fully saturated rings. The lowest BCUT2D eigenvalue weighted by Crippen LogP contribution is -2.25. The van der Waals surface area contributed by atoms with Crippen LogP contribution < -0.4 is 0 Å². The largest absolute Gasteiger partial charge is 0.103 e. The van der Waals surface area contributed by atoms with Crippen LogP contribution in [-0.2, 0) is 5.41 Å². The number of aryl methyl sites for hydroxylation is 1. The molecule has 0 nitrogen and oxygen atoms in total. The number of hydrogen-bond acceptors (Lipinski definition) is 0. The van der Waals surface area contributed by atoms with Crippen LogP contribution in [0, 0.1) is 6.92 Å². The number of unbranched alkanes of at least 4 members (excludes halogenated alkanes) is 2. The molecule has 1 aliphatic carbocycles. The van der Waals surface area contributed by atoms with E-state index in [1.807, 2.05) is 12.2 Å². The molecule has 0 radical (unpaired) electrons. The zero-order valence-electron chi connectivity index (χ0n) is 15.2. The Balaban J connectivity index is 2.16. The van der Waals surface area contributed by atoms with Crippen molar-refractivity contribution in [2.24, 2.45) is 0 Å². The Morgan fingerprint density at radius 3 is 2.04 bits per heavy atom. The van der Waals surface area contributed by atoms with E-state index in [4.69, 9.17) is 0 Å². The van der Waals surface area contributed by atoms with Crippen LogP contribution >= 0.6 is 15.9 Å². The molecule has 0 saturated heterocycles. The van der Waals surface area contributed by atoms with Crippen molar-refractivity contribution in [3.05, 3.63) is 82.9 Å². The quantitative estimate of drug-likeness (QED) is 0.317. The van der Waals surface area contributed by atoms with Crippen LogP contribution in [0.25, 0.3) is 11.1 Å². The average molecular weight is 395 g/mol. The SMILES string of the molecule is C=CCCCC1(CCCC=C)c2cc(C)ccc2-c2ccc(Br)cc21. The Kier molecular flexibility index (Phi) is 5.64. The number of allylic oxidation sites excluding steroid dienone is 2. The zero-order valence-corrected chi connectivity index (χ0v) is 16.7. The molecule has 0 spiro atoms. The standard InChI is InChI=1S/C24H27Br/c1-4-6-8-14-24(15-9-7-5-2)22-16-18(3)10-12-20(22)21-13-11-19(25)17-23(21)24/h4-5,10-13,16-17H,1-2,6-9,14-15H2,3H3. The first kappa shape index (κ1) is 18.2. The number of benzene rings is 2. The first-order valence-corrected chi connectivity index (χ1v) is 10.0. The molecular formula is C24H27Br. The molecule has 1 aliphatic rings. The second kappa shape index (κ2) is 7.74. The van der Waals surface area contributed by atoms with E-state index in [1.165, 1.54) is 58.0 Å². The van der Waals surface area contributed by atoms with Gasteiger partial charge >= 0.3 is 0 Å². The number of fused-ring (bicyclic) bond motifs is 3. The van der Waals surface area contributed by atoms with Crippen molar-refractivity contribution < 1.29 is 0 Å². The second-order valence-corrected chi connectivity index (χ2v) is 8.10. The molecule has 0 heterocycles. The minimum atomic E-state index is 0.118. The van der Waals surface area contributed by atoms with Gasteiger partial charge in [-0.15, -0.1) is 13.2 Å². The van der Waals surface area contributed by atoms with Gasteiger partial charge in [-0.2, -0.15) is 0 Å². The summed E-state index contributed by atoms with van der Waals surface area (Å²) in [5.41, 5.74) is 7.32. The Labute approximate surface area is 160 Å². The van der Waals surface area contributed by atoms with Gasteiger partial charge in [0.05, 0.1) is 0 Å². The summed E-state index contributed by atoms with van der Waals surface area (Å²) in [5, 5.41) is 0. The van der Waals surface area contributed by atoms with Gasteiger partial charge in [0.2, 0.25) is 0 Å². The van der Waals surface area contributed by atoms with Crippen LogP contribution in [0.3, 0.4) is 0 Å². The third kappa shape index (κ3) is 3.40. The third-order valence-corrected chi connectivity index (χ3v) is 5.99. The fourth-order valence-electron chi connectivity index (χ4n) is 4.34. The molecule has 25 heavy (non-hydrogen) atoms. The molecule has 0 aliphatic heterocycles. The predicted molar refractivity (Wildman–Crippen MR) is 113 cm³/mol. The molecule has 0 amide bonds. The van der Waals surface area contributed by atoms with E-state index in [1.54, 1.807) is 0 Å². The highest BCUT2D eigenvalue weighted by molar-refractivity contribution is 9.10. The summed E-state index contributed by atoms with van der Waals surface area (Å²) in [6, 6.07) is 13.8. The van der Waals surface area contributed by atoms with E-state index in [0.717, 1.165) is 12.8 Å². The molecule has 0 saturated carbocycles.